The minimum atomic E-state index is 1.12. The number of anilines is 3. The van der Waals surface area contributed by atoms with Crippen molar-refractivity contribution < 1.29 is 0 Å². The van der Waals surface area contributed by atoms with Crippen LogP contribution in [0.3, 0.4) is 0 Å². The monoisotopic (exact) mass is 652 g/mol. The lowest BCUT2D eigenvalue weighted by atomic mass is 9.84. The molecule has 10 rings (SSSR count). The highest BCUT2D eigenvalue weighted by Crippen LogP contribution is 2.49. The summed E-state index contributed by atoms with van der Waals surface area (Å²) in [4.78, 5) is 2.36. The van der Waals surface area contributed by atoms with Crippen LogP contribution in [-0.2, 0) is 0 Å². The summed E-state index contributed by atoms with van der Waals surface area (Å²) in [5, 5.41) is 10.4. The lowest BCUT2D eigenvalue weighted by Crippen LogP contribution is -2.09. The van der Waals surface area contributed by atoms with E-state index >= 15 is 0 Å². The van der Waals surface area contributed by atoms with Gasteiger partial charge in [0.2, 0.25) is 0 Å². The van der Waals surface area contributed by atoms with Gasteiger partial charge in [0.05, 0.1) is 11.0 Å². The molecule has 242 valence electrons. The van der Waals surface area contributed by atoms with Crippen LogP contribution in [0.5, 0.6) is 0 Å². The fourth-order valence-corrected chi connectivity index (χ4v) is 8.86. The number of fused-ring (bicyclic) bond motifs is 5. The standard InChI is InChI=1S/C49H36N2/c1-31-27-32(2)45(33(3)28-31)43-29-34-15-13-23-41-46(34)47-39(43)22-14-24-42(47)49-48(41)40-26-25-38(30-44(40)51(49)37-20-11-6-12-21-37)50(35-16-7-4-8-17-35)36-18-9-5-10-19-36/h4-30H,1-3H3. The van der Waals surface area contributed by atoms with Gasteiger partial charge in [-0.05, 0) is 119 Å². The molecule has 10 aromatic rings. The summed E-state index contributed by atoms with van der Waals surface area (Å²) in [5.41, 5.74) is 13.6. The Morgan fingerprint density at radius 1 is 0.431 bits per heavy atom. The fourth-order valence-electron chi connectivity index (χ4n) is 8.86. The molecule has 0 radical (unpaired) electrons. The van der Waals surface area contributed by atoms with Crippen LogP contribution in [0.25, 0.3) is 70.9 Å². The van der Waals surface area contributed by atoms with Gasteiger partial charge in [0.15, 0.2) is 0 Å². The smallest absolute Gasteiger partial charge is 0.0626 e. The van der Waals surface area contributed by atoms with E-state index in [4.69, 9.17) is 0 Å². The summed E-state index contributed by atoms with van der Waals surface area (Å²) >= 11 is 0. The van der Waals surface area contributed by atoms with Gasteiger partial charge < -0.3 is 9.47 Å². The highest BCUT2D eigenvalue weighted by atomic mass is 15.1. The summed E-state index contributed by atoms with van der Waals surface area (Å²) in [7, 11) is 0. The summed E-state index contributed by atoms with van der Waals surface area (Å²) in [6.07, 6.45) is 0. The van der Waals surface area contributed by atoms with Gasteiger partial charge in [-0.15, -0.1) is 0 Å². The third kappa shape index (κ3) is 4.43. The van der Waals surface area contributed by atoms with Gasteiger partial charge in [-0.1, -0.05) is 115 Å². The molecular weight excluding hydrogens is 617 g/mol. The Morgan fingerprint density at radius 2 is 1.04 bits per heavy atom. The van der Waals surface area contributed by atoms with Crippen molar-refractivity contribution >= 4 is 71.2 Å². The molecule has 0 bridgehead atoms. The maximum absolute atomic E-state index is 2.51. The molecule has 0 aliphatic heterocycles. The zero-order valence-electron chi connectivity index (χ0n) is 29.0. The van der Waals surface area contributed by atoms with Crippen LogP contribution >= 0.6 is 0 Å². The van der Waals surface area contributed by atoms with E-state index in [-0.39, 0.29) is 0 Å². The molecule has 0 saturated carbocycles. The molecule has 0 amide bonds. The number of benzene rings is 9. The summed E-state index contributed by atoms with van der Waals surface area (Å²) < 4.78 is 2.51. The first-order valence-corrected chi connectivity index (χ1v) is 17.8. The van der Waals surface area contributed by atoms with Gasteiger partial charge in [0.1, 0.15) is 0 Å². The number of aryl methyl sites for hydroxylation is 3. The second-order valence-corrected chi connectivity index (χ2v) is 13.9. The Hall–Kier alpha value is -6.38. The van der Waals surface area contributed by atoms with Crippen molar-refractivity contribution in [3.63, 3.8) is 0 Å². The van der Waals surface area contributed by atoms with Crippen molar-refractivity contribution in [3.8, 4) is 16.8 Å². The van der Waals surface area contributed by atoms with Crippen molar-refractivity contribution in [1.29, 1.82) is 0 Å². The molecule has 0 atom stereocenters. The largest absolute Gasteiger partial charge is 0.310 e. The number of hydrogen-bond donors (Lipinski definition) is 0. The molecule has 9 aromatic carbocycles. The van der Waals surface area contributed by atoms with Gasteiger partial charge in [-0.25, -0.2) is 0 Å². The highest BCUT2D eigenvalue weighted by molar-refractivity contribution is 6.39. The number of rotatable bonds is 5. The predicted octanol–water partition coefficient (Wildman–Crippen LogP) is 13.7. The lowest BCUT2D eigenvalue weighted by Gasteiger charge is -2.25. The fraction of sp³-hybridized carbons (Fsp3) is 0.0612. The van der Waals surface area contributed by atoms with Gasteiger partial charge in [0, 0.05) is 44.3 Å². The molecule has 1 heterocycles. The average Bonchev–Trinajstić information content (AvgIpc) is 3.50. The van der Waals surface area contributed by atoms with Crippen LogP contribution in [0.4, 0.5) is 17.1 Å². The molecule has 0 unspecified atom stereocenters. The molecule has 0 N–H and O–H groups in total. The first-order valence-electron chi connectivity index (χ1n) is 17.8. The Labute approximate surface area is 297 Å². The van der Waals surface area contributed by atoms with Crippen molar-refractivity contribution in [1.82, 2.24) is 4.57 Å². The SMILES string of the molecule is Cc1cc(C)c(-c2cc3cccc4c3c3c2cccc3c2c4c3ccc(N(c4ccccc4)c4ccccc4)cc3n2-c2ccccc2)c(C)c1. The predicted molar refractivity (Wildman–Crippen MR) is 219 cm³/mol. The first kappa shape index (κ1) is 29.5. The van der Waals surface area contributed by atoms with Crippen LogP contribution in [0, 0.1) is 20.8 Å². The molecule has 2 heteroatoms. The van der Waals surface area contributed by atoms with Gasteiger partial charge in [-0.3, -0.25) is 0 Å². The summed E-state index contributed by atoms with van der Waals surface area (Å²) in [6.45, 7) is 6.71. The van der Waals surface area contributed by atoms with Crippen molar-refractivity contribution in [2.75, 3.05) is 4.90 Å². The molecule has 0 saturated heterocycles. The minimum absolute atomic E-state index is 1.12. The van der Waals surface area contributed by atoms with Crippen molar-refractivity contribution in [2.24, 2.45) is 0 Å². The summed E-state index contributed by atoms with van der Waals surface area (Å²) in [5.74, 6) is 0. The zero-order chi connectivity index (χ0) is 34.2. The van der Waals surface area contributed by atoms with E-state index in [9.17, 15) is 0 Å². The average molecular weight is 653 g/mol. The number of hydrogen-bond acceptors (Lipinski definition) is 1. The van der Waals surface area contributed by atoms with E-state index < -0.39 is 0 Å². The normalized spacial score (nSPS) is 11.8. The minimum Gasteiger partial charge on any atom is -0.310 e. The number of nitrogens with zero attached hydrogens (tertiary/aromatic N) is 2. The lowest BCUT2D eigenvalue weighted by molar-refractivity contribution is 1.18. The molecule has 0 spiro atoms. The molecule has 0 fully saturated rings. The van der Waals surface area contributed by atoms with E-state index in [2.05, 4.69) is 194 Å². The van der Waals surface area contributed by atoms with E-state index in [1.807, 2.05) is 0 Å². The van der Waals surface area contributed by atoms with E-state index in [0.29, 0.717) is 0 Å². The van der Waals surface area contributed by atoms with Crippen molar-refractivity contribution in [3.05, 3.63) is 180 Å². The molecule has 0 aliphatic rings. The van der Waals surface area contributed by atoms with Crippen LogP contribution in [-0.4, -0.2) is 4.57 Å². The van der Waals surface area contributed by atoms with E-state index in [1.54, 1.807) is 0 Å². The Kier molecular flexibility index (Phi) is 6.56. The maximum atomic E-state index is 2.51. The Balaban J connectivity index is 1.37. The number of aromatic nitrogens is 1. The second-order valence-electron chi connectivity index (χ2n) is 13.9. The highest BCUT2D eigenvalue weighted by Gasteiger charge is 2.24. The van der Waals surface area contributed by atoms with E-state index in [1.165, 1.54) is 81.9 Å². The quantitative estimate of drug-likeness (QED) is 0.168. The van der Waals surface area contributed by atoms with Gasteiger partial charge in [-0.2, -0.15) is 0 Å². The van der Waals surface area contributed by atoms with Gasteiger partial charge >= 0.3 is 0 Å². The third-order valence-corrected chi connectivity index (χ3v) is 10.7. The van der Waals surface area contributed by atoms with Crippen molar-refractivity contribution in [2.45, 2.75) is 20.8 Å². The molecular formula is C49H36N2. The second kappa shape index (κ2) is 11.3. The molecule has 1 aromatic heterocycles. The van der Waals surface area contributed by atoms with Crippen LogP contribution in [0.15, 0.2) is 164 Å². The topological polar surface area (TPSA) is 8.17 Å². The maximum Gasteiger partial charge on any atom is 0.0626 e. The summed E-state index contributed by atoms with van der Waals surface area (Å²) in [6, 6.07) is 60.2. The van der Waals surface area contributed by atoms with Gasteiger partial charge in [0.25, 0.3) is 0 Å². The van der Waals surface area contributed by atoms with Crippen LogP contribution in [0.1, 0.15) is 16.7 Å². The van der Waals surface area contributed by atoms with Crippen LogP contribution < -0.4 is 4.90 Å². The molecule has 51 heavy (non-hydrogen) atoms. The molecule has 0 aliphatic carbocycles. The van der Waals surface area contributed by atoms with Crippen LogP contribution in [0.2, 0.25) is 0 Å². The Morgan fingerprint density at radius 3 is 1.73 bits per heavy atom. The third-order valence-electron chi connectivity index (χ3n) is 10.7. The van der Waals surface area contributed by atoms with E-state index in [0.717, 1.165) is 22.7 Å². The first-order chi connectivity index (χ1) is 25.1. The zero-order valence-corrected chi connectivity index (χ0v) is 29.0. The number of para-hydroxylation sites is 3. The molecule has 2 nitrogen and oxygen atoms in total. The Bertz CT molecular complexity index is 2860.